The van der Waals surface area contributed by atoms with E-state index in [4.69, 9.17) is 4.74 Å². The summed E-state index contributed by atoms with van der Waals surface area (Å²) in [4.78, 5) is 3.03. The van der Waals surface area contributed by atoms with Crippen molar-refractivity contribution in [2.24, 2.45) is 5.92 Å². The molecule has 1 saturated heterocycles. The van der Waals surface area contributed by atoms with Gasteiger partial charge in [-0.3, -0.25) is 0 Å². The fourth-order valence-electron chi connectivity index (χ4n) is 2.58. The van der Waals surface area contributed by atoms with Crippen LogP contribution in [-0.4, -0.2) is 18.2 Å². The maximum absolute atomic E-state index is 12.7. The van der Waals surface area contributed by atoms with Crippen LogP contribution in [0.25, 0.3) is 10.9 Å². The van der Waals surface area contributed by atoms with E-state index in [-0.39, 0.29) is 0 Å². The minimum atomic E-state index is -4.29. The van der Waals surface area contributed by atoms with E-state index in [1.54, 1.807) is 0 Å². The van der Waals surface area contributed by atoms with Gasteiger partial charge in [-0.05, 0) is 42.5 Å². The van der Waals surface area contributed by atoms with Crippen molar-refractivity contribution < 1.29 is 17.9 Å². The lowest BCUT2D eigenvalue weighted by Crippen LogP contribution is -2.05. The van der Waals surface area contributed by atoms with Crippen LogP contribution in [0, 0.1) is 5.92 Å². The zero-order chi connectivity index (χ0) is 13.5. The number of fused-ring (bicyclic) bond motifs is 1. The Kier molecular flexibility index (Phi) is 3.01. The van der Waals surface area contributed by atoms with E-state index in [1.807, 2.05) is 6.20 Å². The van der Waals surface area contributed by atoms with Crippen LogP contribution in [-0.2, 0) is 17.3 Å². The van der Waals surface area contributed by atoms with Crippen molar-refractivity contribution in [2.75, 3.05) is 13.2 Å². The first kappa shape index (κ1) is 12.5. The van der Waals surface area contributed by atoms with Crippen molar-refractivity contribution in [1.29, 1.82) is 0 Å². The van der Waals surface area contributed by atoms with Crippen LogP contribution in [0.3, 0.4) is 0 Å². The first-order chi connectivity index (χ1) is 9.04. The summed E-state index contributed by atoms with van der Waals surface area (Å²) in [5.74, 6) is 0.411. The zero-order valence-corrected chi connectivity index (χ0v) is 10.3. The highest BCUT2D eigenvalue weighted by Crippen LogP contribution is 2.33. The van der Waals surface area contributed by atoms with Crippen LogP contribution in [0.2, 0.25) is 0 Å². The number of aromatic amines is 1. The van der Waals surface area contributed by atoms with Crippen molar-refractivity contribution in [2.45, 2.75) is 19.0 Å². The van der Waals surface area contributed by atoms with E-state index < -0.39 is 11.7 Å². The lowest BCUT2D eigenvalue weighted by atomic mass is 9.98. The predicted molar refractivity (Wildman–Crippen MR) is 65.9 cm³/mol. The zero-order valence-electron chi connectivity index (χ0n) is 10.3. The molecule has 1 atom stereocenters. The third-order valence-electron chi connectivity index (χ3n) is 3.63. The Labute approximate surface area is 108 Å². The number of halogens is 3. The molecule has 3 rings (SSSR count). The maximum Gasteiger partial charge on any atom is 0.416 e. The van der Waals surface area contributed by atoms with Gasteiger partial charge < -0.3 is 9.72 Å². The number of alkyl halides is 3. The summed E-state index contributed by atoms with van der Waals surface area (Å²) in [6.45, 7) is 1.45. The summed E-state index contributed by atoms with van der Waals surface area (Å²) in [6.07, 6.45) is -0.741. The molecule has 1 N–H and O–H groups in total. The van der Waals surface area contributed by atoms with Gasteiger partial charge in [-0.15, -0.1) is 0 Å². The number of aromatic nitrogens is 1. The molecule has 0 spiro atoms. The average Bonchev–Trinajstić information content (AvgIpc) is 2.98. The third kappa shape index (κ3) is 2.47. The van der Waals surface area contributed by atoms with E-state index in [2.05, 4.69) is 4.98 Å². The Bertz CT molecular complexity index is 582. The molecule has 2 nitrogen and oxygen atoms in total. The third-order valence-corrected chi connectivity index (χ3v) is 3.63. The van der Waals surface area contributed by atoms with Gasteiger partial charge in [0.25, 0.3) is 0 Å². The Morgan fingerprint density at radius 2 is 2.16 bits per heavy atom. The van der Waals surface area contributed by atoms with Crippen LogP contribution in [0.1, 0.15) is 17.5 Å². The second-order valence-electron chi connectivity index (χ2n) is 5.01. The smallest absolute Gasteiger partial charge is 0.381 e. The van der Waals surface area contributed by atoms with Gasteiger partial charge in [-0.25, -0.2) is 0 Å². The van der Waals surface area contributed by atoms with Gasteiger partial charge in [0.05, 0.1) is 5.56 Å². The second kappa shape index (κ2) is 4.56. The van der Waals surface area contributed by atoms with Gasteiger partial charge in [0.1, 0.15) is 0 Å². The highest BCUT2D eigenvalue weighted by molar-refractivity contribution is 5.84. The minimum absolute atomic E-state index is 0.411. The average molecular weight is 269 g/mol. The number of rotatable bonds is 2. The second-order valence-corrected chi connectivity index (χ2v) is 5.01. The Morgan fingerprint density at radius 1 is 1.32 bits per heavy atom. The molecule has 2 heterocycles. The fourth-order valence-corrected chi connectivity index (χ4v) is 2.58. The lowest BCUT2D eigenvalue weighted by molar-refractivity contribution is -0.137. The summed E-state index contributed by atoms with van der Waals surface area (Å²) in [5.41, 5.74) is 1.10. The maximum atomic E-state index is 12.7. The van der Waals surface area contributed by atoms with Gasteiger partial charge in [0, 0.05) is 30.3 Å². The van der Waals surface area contributed by atoms with Gasteiger partial charge in [-0.2, -0.15) is 13.2 Å². The molecule has 1 aromatic carbocycles. The highest BCUT2D eigenvalue weighted by Gasteiger charge is 2.30. The van der Waals surface area contributed by atoms with Crippen LogP contribution in [0.15, 0.2) is 24.4 Å². The van der Waals surface area contributed by atoms with Gasteiger partial charge in [0.2, 0.25) is 0 Å². The molecule has 1 aliphatic heterocycles. The van der Waals surface area contributed by atoms with Crippen molar-refractivity contribution in [1.82, 2.24) is 4.98 Å². The Hall–Kier alpha value is -1.49. The molecular formula is C14H14F3NO. The minimum Gasteiger partial charge on any atom is -0.381 e. The molecule has 2 aromatic rings. The molecule has 1 aromatic heterocycles. The summed E-state index contributed by atoms with van der Waals surface area (Å²) < 4.78 is 43.5. The highest BCUT2D eigenvalue weighted by atomic mass is 19.4. The summed E-state index contributed by atoms with van der Waals surface area (Å²) in [6, 6.07) is 3.84. The van der Waals surface area contributed by atoms with Crippen LogP contribution in [0.5, 0.6) is 0 Å². The van der Waals surface area contributed by atoms with Crippen molar-refractivity contribution in [3.63, 3.8) is 0 Å². The predicted octanol–water partition coefficient (Wildman–Crippen LogP) is 3.77. The van der Waals surface area contributed by atoms with Crippen molar-refractivity contribution in [3.05, 3.63) is 35.5 Å². The molecular weight excluding hydrogens is 255 g/mol. The van der Waals surface area contributed by atoms with Gasteiger partial charge >= 0.3 is 6.18 Å². The monoisotopic (exact) mass is 269 g/mol. The fraction of sp³-hybridized carbons (Fsp3) is 0.429. The number of hydrogen-bond donors (Lipinski definition) is 1. The van der Waals surface area contributed by atoms with Crippen molar-refractivity contribution in [3.8, 4) is 0 Å². The molecule has 1 aliphatic rings. The van der Waals surface area contributed by atoms with Crippen LogP contribution < -0.4 is 0 Å². The molecule has 5 heteroatoms. The van der Waals surface area contributed by atoms with Gasteiger partial charge in [-0.1, -0.05) is 0 Å². The number of H-pyrrole nitrogens is 1. The number of hydrogen-bond acceptors (Lipinski definition) is 1. The summed E-state index contributed by atoms with van der Waals surface area (Å²) in [5, 5.41) is 0.668. The topological polar surface area (TPSA) is 25.0 Å². The van der Waals surface area contributed by atoms with E-state index in [9.17, 15) is 13.2 Å². The number of nitrogens with one attached hydrogen (secondary N) is 1. The van der Waals surface area contributed by atoms with Crippen molar-refractivity contribution >= 4 is 10.9 Å². The first-order valence-corrected chi connectivity index (χ1v) is 6.29. The standard InChI is InChI=1S/C14H14F3NO/c15-14(16,17)11-1-2-13-12(6-11)10(7-18-13)5-9-3-4-19-8-9/h1-2,6-7,9,18H,3-5,8H2. The van der Waals surface area contributed by atoms with E-state index in [0.29, 0.717) is 17.9 Å². The van der Waals surface area contributed by atoms with Gasteiger partial charge in [0.15, 0.2) is 0 Å². The summed E-state index contributed by atoms with van der Waals surface area (Å²) >= 11 is 0. The molecule has 1 unspecified atom stereocenters. The summed E-state index contributed by atoms with van der Waals surface area (Å²) in [7, 11) is 0. The molecule has 19 heavy (non-hydrogen) atoms. The first-order valence-electron chi connectivity index (χ1n) is 6.29. The molecule has 1 fully saturated rings. The number of benzene rings is 1. The molecule has 0 saturated carbocycles. The number of ether oxygens (including phenoxy) is 1. The Morgan fingerprint density at radius 3 is 2.84 bits per heavy atom. The van der Waals surface area contributed by atoms with E-state index in [0.717, 1.165) is 36.6 Å². The molecule has 0 aliphatic carbocycles. The molecule has 0 amide bonds. The Balaban J connectivity index is 1.95. The quantitative estimate of drug-likeness (QED) is 0.882. The van der Waals surface area contributed by atoms with E-state index >= 15 is 0 Å². The molecule has 102 valence electrons. The normalized spacial score (nSPS) is 20.3. The largest absolute Gasteiger partial charge is 0.416 e. The molecule has 0 bridgehead atoms. The lowest BCUT2D eigenvalue weighted by Gasteiger charge is -2.08. The SMILES string of the molecule is FC(F)(F)c1ccc2[nH]cc(CC3CCOC3)c2c1. The van der Waals surface area contributed by atoms with Crippen LogP contribution in [0.4, 0.5) is 13.2 Å². The van der Waals surface area contributed by atoms with Crippen LogP contribution >= 0.6 is 0 Å². The van der Waals surface area contributed by atoms with E-state index in [1.165, 1.54) is 12.1 Å². The molecule has 0 radical (unpaired) electrons.